The van der Waals surface area contributed by atoms with Gasteiger partial charge < -0.3 is 15.2 Å². The van der Waals surface area contributed by atoms with Crippen LogP contribution in [0.15, 0.2) is 41.3 Å². The Kier molecular flexibility index (Phi) is 9.01. The molecule has 1 atom stereocenters. The molecule has 1 unspecified atom stereocenters. The van der Waals surface area contributed by atoms with Gasteiger partial charge in [0, 0.05) is 6.04 Å². The van der Waals surface area contributed by atoms with Gasteiger partial charge in [0.05, 0.1) is 17.4 Å². The van der Waals surface area contributed by atoms with E-state index in [4.69, 9.17) is 4.74 Å². The minimum atomic E-state index is -5.54. The van der Waals surface area contributed by atoms with Crippen molar-refractivity contribution in [1.29, 1.82) is 0 Å². The number of aromatic carboxylic acids is 1. The lowest BCUT2D eigenvalue weighted by atomic mass is 9.83. The molecule has 3 aliphatic rings. The number of carboxylic acids is 1. The van der Waals surface area contributed by atoms with Gasteiger partial charge in [-0.25, -0.2) is 35.2 Å². The molecule has 3 saturated carbocycles. The van der Waals surface area contributed by atoms with Crippen molar-refractivity contribution in [2.45, 2.75) is 100 Å². The Labute approximate surface area is 280 Å². The maximum atomic E-state index is 15.1. The molecule has 3 aliphatic carbocycles. The first kappa shape index (κ1) is 34.8. The summed E-state index contributed by atoms with van der Waals surface area (Å²) < 4.78 is 108. The topological polar surface area (TPSA) is 113 Å². The zero-order chi connectivity index (χ0) is 35.6. The molecule has 2 N–H and O–H groups in total. The molecule has 0 aliphatic heterocycles. The van der Waals surface area contributed by atoms with Gasteiger partial charge in [0.1, 0.15) is 11.8 Å². The number of hydrogen-bond acceptors (Lipinski definition) is 5. The van der Waals surface area contributed by atoms with E-state index in [0.29, 0.717) is 22.7 Å². The van der Waals surface area contributed by atoms with Crippen LogP contribution in [-0.4, -0.2) is 47.9 Å². The summed E-state index contributed by atoms with van der Waals surface area (Å²) in [7, 11) is -5.54. The second-order valence-electron chi connectivity index (χ2n) is 14.0. The van der Waals surface area contributed by atoms with E-state index in [0.717, 1.165) is 24.0 Å². The number of carboxylic acid groups (broad SMARTS) is 1. The Balaban J connectivity index is 1.48. The van der Waals surface area contributed by atoms with E-state index in [2.05, 4.69) is 5.32 Å². The van der Waals surface area contributed by atoms with Crippen molar-refractivity contribution in [3.05, 3.63) is 87.7 Å². The van der Waals surface area contributed by atoms with Gasteiger partial charge in [-0.3, -0.25) is 4.79 Å². The lowest BCUT2D eigenvalue weighted by Crippen LogP contribution is -2.50. The van der Waals surface area contributed by atoms with Gasteiger partial charge in [0.2, 0.25) is 21.7 Å². The number of hydrogen-bond donors (Lipinski definition) is 2. The number of rotatable bonds is 12. The molecule has 0 bridgehead atoms. The molecule has 3 fully saturated rings. The Morgan fingerprint density at radius 3 is 2.04 bits per heavy atom. The summed E-state index contributed by atoms with van der Waals surface area (Å²) in [5, 5.41) is 12.1. The van der Waals surface area contributed by atoms with Gasteiger partial charge in [0.15, 0.2) is 28.2 Å². The van der Waals surface area contributed by atoms with E-state index >= 15 is 8.78 Å². The predicted molar refractivity (Wildman–Crippen MR) is 169 cm³/mol. The summed E-state index contributed by atoms with van der Waals surface area (Å²) in [5.74, 6) is -14.4. The molecule has 14 heteroatoms. The second-order valence-corrected chi connectivity index (χ2v) is 15.8. The molecule has 0 radical (unpaired) electrons. The van der Waals surface area contributed by atoms with E-state index in [1.54, 1.807) is 0 Å². The predicted octanol–water partition coefficient (Wildman–Crippen LogP) is 7.20. The van der Waals surface area contributed by atoms with E-state index in [1.165, 1.54) is 18.2 Å². The number of benzene rings is 3. The first-order valence-electron chi connectivity index (χ1n) is 16.0. The summed E-state index contributed by atoms with van der Waals surface area (Å²) in [6, 6.07) is 6.69. The molecule has 6 rings (SSSR count). The summed E-state index contributed by atoms with van der Waals surface area (Å²) in [6.45, 7) is 5.96. The van der Waals surface area contributed by atoms with Crippen LogP contribution in [0.1, 0.15) is 92.3 Å². The number of carbonyl (C=O) groups excluding carboxylic acids is 1. The molecule has 0 heterocycles. The van der Waals surface area contributed by atoms with E-state index in [1.807, 2.05) is 39.0 Å². The van der Waals surface area contributed by atoms with Crippen LogP contribution in [0.5, 0.6) is 5.75 Å². The van der Waals surface area contributed by atoms with Gasteiger partial charge in [-0.15, -0.1) is 0 Å². The highest BCUT2D eigenvalue weighted by Gasteiger charge is 2.49. The van der Waals surface area contributed by atoms with E-state index in [9.17, 15) is 36.3 Å². The van der Waals surface area contributed by atoms with Crippen molar-refractivity contribution in [1.82, 2.24) is 4.31 Å². The first-order valence-corrected chi connectivity index (χ1v) is 17.5. The Morgan fingerprint density at radius 2 is 1.51 bits per heavy atom. The molecule has 0 aromatic heterocycles. The molecule has 8 nitrogen and oxygen atoms in total. The van der Waals surface area contributed by atoms with Crippen LogP contribution in [0.3, 0.4) is 0 Å². The third-order valence-electron chi connectivity index (χ3n) is 8.89. The van der Waals surface area contributed by atoms with Gasteiger partial charge in [-0.2, -0.15) is 4.31 Å². The van der Waals surface area contributed by atoms with Crippen LogP contribution in [0.25, 0.3) is 0 Å². The average molecular weight is 707 g/mol. The number of amides is 1. The Morgan fingerprint density at radius 1 is 0.898 bits per heavy atom. The monoisotopic (exact) mass is 706 g/mol. The molecule has 0 spiro atoms. The van der Waals surface area contributed by atoms with Gasteiger partial charge >= 0.3 is 5.97 Å². The summed E-state index contributed by atoms with van der Waals surface area (Å²) >= 11 is 0. The van der Waals surface area contributed by atoms with Crippen molar-refractivity contribution in [2.75, 3.05) is 5.32 Å². The van der Waals surface area contributed by atoms with E-state index in [-0.39, 0.29) is 53.7 Å². The normalized spacial score (nSPS) is 17.2. The third-order valence-corrected chi connectivity index (χ3v) is 10.9. The van der Waals surface area contributed by atoms with Gasteiger partial charge in [-0.1, -0.05) is 39.0 Å². The Hall–Kier alpha value is -4.04. The highest BCUT2D eigenvalue weighted by atomic mass is 32.2. The summed E-state index contributed by atoms with van der Waals surface area (Å²) in [6.07, 6.45) is 3.05. The lowest BCUT2D eigenvalue weighted by Gasteiger charge is -2.31. The quantitative estimate of drug-likeness (QED) is 0.117. The molecule has 3 aromatic carbocycles. The minimum Gasteiger partial charge on any atom is -0.488 e. The van der Waals surface area contributed by atoms with Crippen LogP contribution in [0, 0.1) is 29.1 Å². The Bertz CT molecular complexity index is 1920. The van der Waals surface area contributed by atoms with Crippen molar-refractivity contribution in [3.63, 3.8) is 0 Å². The fourth-order valence-corrected chi connectivity index (χ4v) is 7.70. The smallest absolute Gasteiger partial charge is 0.335 e. The number of anilines is 1. The lowest BCUT2D eigenvalue weighted by molar-refractivity contribution is -0.120. The average Bonchev–Trinajstić information content (AvgIpc) is 3.87. The highest BCUT2D eigenvalue weighted by molar-refractivity contribution is 7.89. The van der Waals surface area contributed by atoms with Crippen molar-refractivity contribution < 1.29 is 49.8 Å². The van der Waals surface area contributed by atoms with Crippen LogP contribution in [0.4, 0.5) is 27.6 Å². The molecule has 1 amide bonds. The number of carbonyl (C=O) groups is 2. The van der Waals surface area contributed by atoms with Crippen LogP contribution < -0.4 is 10.1 Å². The van der Waals surface area contributed by atoms with Gasteiger partial charge in [-0.05, 0) is 91.2 Å². The fraction of sp³-hybridized carbons (Fsp3) is 0.429. The largest absolute Gasteiger partial charge is 0.488 e. The van der Waals surface area contributed by atoms with Gasteiger partial charge in [0.25, 0.3) is 0 Å². The number of halogens is 5. The molecule has 262 valence electrons. The van der Waals surface area contributed by atoms with Crippen molar-refractivity contribution in [2.24, 2.45) is 0 Å². The zero-order valence-electron chi connectivity index (χ0n) is 27.0. The molecule has 0 saturated heterocycles. The standard InChI is InChI=1S/C35H35F5N2O6S/c1-35(2,3)21-13-17(12-20(15-21)18-4-5-18)14-25(33(43)41-24-11-6-19(34(44)45)16-26(24)48-23-9-10-23)42(22-7-8-22)49(46,47)32-30(39)28(37)27(36)29(38)31(32)40/h6,11-13,15-16,18,22-23,25H,4-5,7-10,14H2,1-3H3,(H,41,43)(H,44,45). The maximum absolute atomic E-state index is 15.1. The first-order chi connectivity index (χ1) is 23.0. The summed E-state index contributed by atoms with van der Waals surface area (Å²) in [4.78, 5) is 23.9. The minimum absolute atomic E-state index is 0.0124. The highest BCUT2D eigenvalue weighted by Crippen LogP contribution is 2.43. The van der Waals surface area contributed by atoms with Crippen LogP contribution >= 0.6 is 0 Å². The molecule has 3 aromatic rings. The molecular weight excluding hydrogens is 671 g/mol. The number of sulfonamides is 1. The third kappa shape index (κ3) is 7.16. The van der Waals surface area contributed by atoms with Crippen LogP contribution in [-0.2, 0) is 26.7 Å². The second kappa shape index (κ2) is 12.7. The summed E-state index contributed by atoms with van der Waals surface area (Å²) in [5.41, 5.74) is 1.94. The fourth-order valence-electron chi connectivity index (χ4n) is 5.74. The number of nitrogens with one attached hydrogen (secondary N) is 1. The maximum Gasteiger partial charge on any atom is 0.335 e. The van der Waals surface area contributed by atoms with Crippen molar-refractivity contribution >= 4 is 27.6 Å². The SMILES string of the molecule is CC(C)(C)c1cc(CC(C(=O)Nc2ccc(C(=O)O)cc2OC2CC2)N(C2CC2)S(=O)(=O)c2c(F)c(F)c(F)c(F)c2F)cc(C2CC2)c1. The van der Waals surface area contributed by atoms with E-state index < -0.39 is 68.0 Å². The van der Waals surface area contributed by atoms with Crippen molar-refractivity contribution in [3.8, 4) is 5.75 Å². The van der Waals surface area contributed by atoms with Crippen LogP contribution in [0.2, 0.25) is 0 Å². The zero-order valence-corrected chi connectivity index (χ0v) is 27.8. The molecular formula is C35H35F5N2O6S. The number of nitrogens with zero attached hydrogens (tertiary/aromatic N) is 1. The number of ether oxygens (including phenoxy) is 1. The molecule has 49 heavy (non-hydrogen) atoms.